The minimum Gasteiger partial charge on any atom is -0.327 e. The van der Waals surface area contributed by atoms with E-state index in [1.54, 1.807) is 0 Å². The van der Waals surface area contributed by atoms with Gasteiger partial charge in [0.15, 0.2) is 0 Å². The molecule has 0 bridgehead atoms. The maximum Gasteiger partial charge on any atom is 0.400 e. The van der Waals surface area contributed by atoms with Gasteiger partial charge in [-0.3, -0.25) is 0 Å². The predicted molar refractivity (Wildman–Crippen MR) is 34.9 cm³/mol. The lowest BCUT2D eigenvalue weighted by molar-refractivity contribution is -0.129. The standard InChI is InChI=1S/C5H8F3NS/c6-5(7,8)4-1-3(9)2-10-4/h3-4H,1-2,9H2/t3-,4+/m0/s1. The molecule has 0 radical (unpaired) electrons. The number of halogens is 3. The molecule has 0 aromatic rings. The van der Waals surface area contributed by atoms with Gasteiger partial charge in [-0.25, -0.2) is 0 Å². The van der Waals surface area contributed by atoms with Crippen LogP contribution in [0.25, 0.3) is 0 Å². The molecule has 1 rings (SSSR count). The van der Waals surface area contributed by atoms with Gasteiger partial charge in [0.25, 0.3) is 0 Å². The van der Waals surface area contributed by atoms with Gasteiger partial charge in [-0.05, 0) is 6.42 Å². The lowest BCUT2D eigenvalue weighted by atomic mass is 10.2. The summed E-state index contributed by atoms with van der Waals surface area (Å²) in [5, 5.41) is -1.22. The van der Waals surface area contributed by atoms with Crippen molar-refractivity contribution in [2.75, 3.05) is 5.75 Å². The highest BCUT2D eigenvalue weighted by atomic mass is 32.2. The monoisotopic (exact) mass is 171 g/mol. The van der Waals surface area contributed by atoms with E-state index in [0.717, 1.165) is 11.8 Å². The van der Waals surface area contributed by atoms with Crippen molar-refractivity contribution in [3.8, 4) is 0 Å². The first-order chi connectivity index (χ1) is 4.50. The molecule has 1 heterocycles. The molecule has 1 fully saturated rings. The van der Waals surface area contributed by atoms with Gasteiger partial charge >= 0.3 is 6.18 Å². The predicted octanol–water partition coefficient (Wildman–Crippen LogP) is 1.38. The number of alkyl halides is 3. The maximum atomic E-state index is 11.9. The second kappa shape index (κ2) is 2.62. The van der Waals surface area contributed by atoms with Crippen molar-refractivity contribution in [2.45, 2.75) is 23.9 Å². The van der Waals surface area contributed by atoms with Gasteiger partial charge < -0.3 is 5.73 Å². The third-order valence-electron chi connectivity index (χ3n) is 1.39. The Kier molecular flexibility index (Phi) is 2.15. The van der Waals surface area contributed by atoms with E-state index in [0.29, 0.717) is 5.75 Å². The molecule has 1 aliphatic heterocycles. The van der Waals surface area contributed by atoms with Crippen LogP contribution in [0.1, 0.15) is 6.42 Å². The maximum absolute atomic E-state index is 11.9. The van der Waals surface area contributed by atoms with Crippen molar-refractivity contribution in [3.05, 3.63) is 0 Å². The van der Waals surface area contributed by atoms with E-state index in [9.17, 15) is 13.2 Å². The molecule has 0 aliphatic carbocycles. The molecule has 0 spiro atoms. The summed E-state index contributed by atoms with van der Waals surface area (Å²) in [6.45, 7) is 0. The van der Waals surface area contributed by atoms with Crippen LogP contribution in [0.5, 0.6) is 0 Å². The van der Waals surface area contributed by atoms with Crippen LogP contribution in [0.4, 0.5) is 13.2 Å². The molecule has 0 saturated carbocycles. The average Bonchev–Trinajstić information content (AvgIpc) is 2.11. The minimum absolute atomic E-state index is 0.0775. The second-order valence-electron chi connectivity index (χ2n) is 2.36. The van der Waals surface area contributed by atoms with Crippen molar-refractivity contribution in [1.29, 1.82) is 0 Å². The fourth-order valence-electron chi connectivity index (χ4n) is 0.879. The third-order valence-corrected chi connectivity index (χ3v) is 2.88. The molecule has 0 aromatic carbocycles. The van der Waals surface area contributed by atoms with Crippen molar-refractivity contribution in [2.24, 2.45) is 5.73 Å². The topological polar surface area (TPSA) is 26.0 Å². The molecule has 0 amide bonds. The Morgan fingerprint density at radius 3 is 2.20 bits per heavy atom. The fourth-order valence-corrected chi connectivity index (χ4v) is 2.07. The smallest absolute Gasteiger partial charge is 0.327 e. The van der Waals surface area contributed by atoms with Crippen LogP contribution >= 0.6 is 11.8 Å². The van der Waals surface area contributed by atoms with Gasteiger partial charge in [0.1, 0.15) is 5.25 Å². The molecule has 1 nitrogen and oxygen atoms in total. The van der Waals surface area contributed by atoms with Crippen LogP contribution in [0.2, 0.25) is 0 Å². The van der Waals surface area contributed by atoms with E-state index in [1.807, 2.05) is 0 Å². The summed E-state index contributed by atoms with van der Waals surface area (Å²) >= 11 is 0.907. The largest absolute Gasteiger partial charge is 0.400 e. The van der Waals surface area contributed by atoms with Gasteiger partial charge in [-0.2, -0.15) is 13.2 Å². The van der Waals surface area contributed by atoms with E-state index >= 15 is 0 Å². The van der Waals surface area contributed by atoms with Gasteiger partial charge in [-0.15, -0.1) is 11.8 Å². The van der Waals surface area contributed by atoms with E-state index in [-0.39, 0.29) is 12.5 Å². The average molecular weight is 171 g/mol. The Morgan fingerprint density at radius 1 is 1.40 bits per heavy atom. The van der Waals surface area contributed by atoms with Gasteiger partial charge in [-0.1, -0.05) is 0 Å². The first kappa shape index (κ1) is 8.20. The molecule has 10 heavy (non-hydrogen) atoms. The van der Waals surface area contributed by atoms with Crippen molar-refractivity contribution >= 4 is 11.8 Å². The molecule has 2 N–H and O–H groups in total. The highest BCUT2D eigenvalue weighted by Crippen LogP contribution is 2.38. The number of rotatable bonds is 0. The normalized spacial score (nSPS) is 34.8. The number of nitrogens with two attached hydrogens (primary N) is 1. The Balaban J connectivity index is 2.45. The summed E-state index contributed by atoms with van der Waals surface area (Å²) in [5.41, 5.74) is 5.30. The second-order valence-corrected chi connectivity index (χ2v) is 3.60. The summed E-state index contributed by atoms with van der Waals surface area (Å²) in [5.74, 6) is 0.435. The van der Waals surface area contributed by atoms with Gasteiger partial charge in [0, 0.05) is 11.8 Å². The summed E-state index contributed by atoms with van der Waals surface area (Å²) in [4.78, 5) is 0. The van der Waals surface area contributed by atoms with Crippen LogP contribution in [0.3, 0.4) is 0 Å². The first-order valence-corrected chi connectivity index (χ1v) is 3.99. The molecule has 0 unspecified atom stereocenters. The molecule has 5 heteroatoms. The molecule has 1 aliphatic rings. The van der Waals surface area contributed by atoms with Crippen LogP contribution < -0.4 is 5.73 Å². The summed E-state index contributed by atoms with van der Waals surface area (Å²) in [6, 6.07) is -0.267. The van der Waals surface area contributed by atoms with Crippen LogP contribution in [-0.2, 0) is 0 Å². The highest BCUT2D eigenvalue weighted by Gasteiger charge is 2.43. The SMILES string of the molecule is N[C@@H]1CS[C@@H](C(F)(F)F)C1. The van der Waals surface area contributed by atoms with Gasteiger partial charge in [0.05, 0.1) is 0 Å². The first-order valence-electron chi connectivity index (χ1n) is 2.94. The summed E-state index contributed by atoms with van der Waals surface area (Å²) in [7, 11) is 0. The summed E-state index contributed by atoms with van der Waals surface area (Å²) < 4.78 is 35.6. The Morgan fingerprint density at radius 2 is 2.00 bits per heavy atom. The zero-order valence-corrected chi connectivity index (χ0v) is 6.00. The minimum atomic E-state index is -4.06. The molecule has 2 atom stereocenters. The van der Waals surface area contributed by atoms with Crippen molar-refractivity contribution < 1.29 is 13.2 Å². The van der Waals surface area contributed by atoms with E-state index in [4.69, 9.17) is 5.73 Å². The lowest BCUT2D eigenvalue weighted by Gasteiger charge is -2.12. The van der Waals surface area contributed by atoms with E-state index < -0.39 is 11.4 Å². The summed E-state index contributed by atoms with van der Waals surface area (Å²) in [6.07, 6.45) is -3.98. The fraction of sp³-hybridized carbons (Fsp3) is 1.00. The quantitative estimate of drug-likeness (QED) is 0.596. The zero-order chi connectivity index (χ0) is 7.78. The molecule has 60 valence electrons. The van der Waals surface area contributed by atoms with Crippen LogP contribution in [0.15, 0.2) is 0 Å². The van der Waals surface area contributed by atoms with E-state index in [2.05, 4.69) is 0 Å². The molecular formula is C5H8F3NS. The van der Waals surface area contributed by atoms with Gasteiger partial charge in [0.2, 0.25) is 0 Å². The lowest BCUT2D eigenvalue weighted by Crippen LogP contribution is -2.27. The molecular weight excluding hydrogens is 163 g/mol. The Hall–Kier alpha value is 0.100. The third kappa shape index (κ3) is 1.79. The zero-order valence-electron chi connectivity index (χ0n) is 5.19. The van der Waals surface area contributed by atoms with Crippen molar-refractivity contribution in [1.82, 2.24) is 0 Å². The van der Waals surface area contributed by atoms with E-state index in [1.165, 1.54) is 0 Å². The Bertz CT molecular complexity index is 125. The number of hydrogen-bond donors (Lipinski definition) is 1. The highest BCUT2D eigenvalue weighted by molar-refractivity contribution is 8.00. The van der Waals surface area contributed by atoms with Crippen LogP contribution in [-0.4, -0.2) is 23.2 Å². The Labute approximate surface area is 61.2 Å². The molecule has 0 aromatic heterocycles. The van der Waals surface area contributed by atoms with Crippen LogP contribution in [0, 0.1) is 0 Å². The van der Waals surface area contributed by atoms with Crippen molar-refractivity contribution in [3.63, 3.8) is 0 Å². The number of thioether (sulfide) groups is 1. The number of hydrogen-bond acceptors (Lipinski definition) is 2. The molecule has 1 saturated heterocycles.